The third-order valence-electron chi connectivity index (χ3n) is 2.15. The van der Waals surface area contributed by atoms with Gasteiger partial charge in [-0.15, -0.1) is 0 Å². The van der Waals surface area contributed by atoms with E-state index >= 15 is 0 Å². The van der Waals surface area contributed by atoms with Gasteiger partial charge in [-0.25, -0.2) is 4.79 Å². The Bertz CT molecular complexity index is 512. The minimum atomic E-state index is -1.13. The lowest BCUT2D eigenvalue weighted by Gasteiger charge is -2.05. The number of carbonyl (C=O) groups excluding carboxylic acids is 1. The SMILES string of the molecule is C/C(=C/C(=O)NCc1ccc(Cl)cc1Cl)C(=O)O. The van der Waals surface area contributed by atoms with Crippen molar-refractivity contribution in [2.24, 2.45) is 0 Å². The molecule has 1 aromatic rings. The van der Waals surface area contributed by atoms with Gasteiger partial charge in [-0.05, 0) is 24.6 Å². The maximum Gasteiger partial charge on any atom is 0.331 e. The van der Waals surface area contributed by atoms with Crippen LogP contribution >= 0.6 is 23.2 Å². The van der Waals surface area contributed by atoms with Gasteiger partial charge < -0.3 is 10.4 Å². The number of hydrogen-bond donors (Lipinski definition) is 2. The number of hydrogen-bond acceptors (Lipinski definition) is 2. The van der Waals surface area contributed by atoms with Crippen molar-refractivity contribution >= 4 is 35.1 Å². The van der Waals surface area contributed by atoms with Gasteiger partial charge in [0.25, 0.3) is 0 Å². The van der Waals surface area contributed by atoms with Crippen LogP contribution in [0.4, 0.5) is 0 Å². The first-order valence-corrected chi connectivity index (χ1v) is 5.79. The van der Waals surface area contributed by atoms with Crippen LogP contribution in [-0.2, 0) is 16.1 Å². The molecule has 0 saturated heterocycles. The summed E-state index contributed by atoms with van der Waals surface area (Å²) in [6.45, 7) is 1.55. The zero-order valence-corrected chi connectivity index (χ0v) is 11.0. The third kappa shape index (κ3) is 4.39. The molecule has 0 radical (unpaired) electrons. The van der Waals surface area contributed by atoms with E-state index in [0.29, 0.717) is 15.6 Å². The lowest BCUT2D eigenvalue weighted by molar-refractivity contribution is -0.133. The predicted octanol–water partition coefficient (Wildman–Crippen LogP) is 2.64. The number of carbonyl (C=O) groups is 2. The summed E-state index contributed by atoms with van der Waals surface area (Å²) in [6.07, 6.45) is 1.02. The Morgan fingerprint density at radius 1 is 1.39 bits per heavy atom. The molecule has 1 amide bonds. The molecule has 0 atom stereocenters. The van der Waals surface area contributed by atoms with E-state index in [1.807, 2.05) is 0 Å². The Hall–Kier alpha value is -1.52. The summed E-state index contributed by atoms with van der Waals surface area (Å²) >= 11 is 11.7. The van der Waals surface area contributed by atoms with Gasteiger partial charge in [0.15, 0.2) is 0 Å². The second-order valence-corrected chi connectivity index (χ2v) is 4.43. The lowest BCUT2D eigenvalue weighted by atomic mass is 10.2. The highest BCUT2D eigenvalue weighted by Crippen LogP contribution is 2.20. The summed E-state index contributed by atoms with van der Waals surface area (Å²) in [7, 11) is 0. The topological polar surface area (TPSA) is 66.4 Å². The smallest absolute Gasteiger partial charge is 0.331 e. The van der Waals surface area contributed by atoms with Gasteiger partial charge >= 0.3 is 5.97 Å². The van der Waals surface area contributed by atoms with Crippen molar-refractivity contribution in [3.63, 3.8) is 0 Å². The molecule has 2 N–H and O–H groups in total. The maximum atomic E-state index is 11.4. The van der Waals surface area contributed by atoms with Crippen LogP contribution in [0.5, 0.6) is 0 Å². The van der Waals surface area contributed by atoms with E-state index in [9.17, 15) is 9.59 Å². The molecule has 96 valence electrons. The van der Waals surface area contributed by atoms with Gasteiger partial charge in [-0.2, -0.15) is 0 Å². The van der Waals surface area contributed by atoms with E-state index in [-0.39, 0.29) is 12.1 Å². The molecule has 4 nitrogen and oxygen atoms in total. The molecule has 0 bridgehead atoms. The number of nitrogens with one attached hydrogen (secondary N) is 1. The van der Waals surface area contributed by atoms with Crippen molar-refractivity contribution in [3.05, 3.63) is 45.5 Å². The number of carboxylic acid groups (broad SMARTS) is 1. The van der Waals surface area contributed by atoms with Crippen molar-refractivity contribution < 1.29 is 14.7 Å². The van der Waals surface area contributed by atoms with Gasteiger partial charge in [-0.3, -0.25) is 4.79 Å². The van der Waals surface area contributed by atoms with Crippen LogP contribution in [0.1, 0.15) is 12.5 Å². The Labute approximate surface area is 114 Å². The minimum Gasteiger partial charge on any atom is -0.478 e. The van der Waals surface area contributed by atoms with Crippen LogP contribution in [0.25, 0.3) is 0 Å². The number of amides is 1. The van der Waals surface area contributed by atoms with Gasteiger partial charge in [0.1, 0.15) is 0 Å². The second-order valence-electron chi connectivity index (χ2n) is 3.59. The third-order valence-corrected chi connectivity index (χ3v) is 2.74. The highest BCUT2D eigenvalue weighted by atomic mass is 35.5. The van der Waals surface area contributed by atoms with E-state index in [0.717, 1.165) is 6.08 Å². The number of aliphatic carboxylic acids is 1. The fraction of sp³-hybridized carbons (Fsp3) is 0.167. The van der Waals surface area contributed by atoms with Gasteiger partial charge in [-0.1, -0.05) is 29.3 Å². The van der Waals surface area contributed by atoms with Gasteiger partial charge in [0.2, 0.25) is 5.91 Å². The van der Waals surface area contributed by atoms with Crippen molar-refractivity contribution in [2.75, 3.05) is 0 Å². The molecule has 18 heavy (non-hydrogen) atoms. The second kappa shape index (κ2) is 6.42. The molecule has 6 heteroatoms. The van der Waals surface area contributed by atoms with E-state index in [4.69, 9.17) is 28.3 Å². The zero-order chi connectivity index (χ0) is 13.7. The molecule has 0 fully saturated rings. The van der Waals surface area contributed by atoms with Crippen LogP contribution in [-0.4, -0.2) is 17.0 Å². The van der Waals surface area contributed by atoms with Gasteiger partial charge in [0, 0.05) is 28.2 Å². The van der Waals surface area contributed by atoms with E-state index in [1.165, 1.54) is 6.92 Å². The lowest BCUT2D eigenvalue weighted by Crippen LogP contribution is -2.21. The van der Waals surface area contributed by atoms with Crippen LogP contribution in [0.15, 0.2) is 29.8 Å². The fourth-order valence-electron chi connectivity index (χ4n) is 1.16. The molecule has 0 aliphatic rings. The van der Waals surface area contributed by atoms with Crippen molar-refractivity contribution in [3.8, 4) is 0 Å². The first-order valence-electron chi connectivity index (χ1n) is 5.03. The highest BCUT2D eigenvalue weighted by molar-refractivity contribution is 6.35. The highest BCUT2D eigenvalue weighted by Gasteiger charge is 2.05. The summed E-state index contributed by atoms with van der Waals surface area (Å²) in [4.78, 5) is 21.9. The molecule has 0 spiro atoms. The molecule has 0 unspecified atom stereocenters. The number of carboxylic acids is 1. The van der Waals surface area contributed by atoms with Crippen LogP contribution in [0.2, 0.25) is 10.0 Å². The number of rotatable bonds is 4. The molecule has 0 aliphatic heterocycles. The van der Waals surface area contributed by atoms with Crippen molar-refractivity contribution in [1.82, 2.24) is 5.32 Å². The minimum absolute atomic E-state index is 0.0327. The van der Waals surface area contributed by atoms with Crippen LogP contribution in [0.3, 0.4) is 0 Å². The monoisotopic (exact) mass is 287 g/mol. The normalized spacial score (nSPS) is 11.2. The maximum absolute atomic E-state index is 11.4. The van der Waals surface area contributed by atoms with Crippen molar-refractivity contribution in [1.29, 1.82) is 0 Å². The molecule has 1 rings (SSSR count). The molecular formula is C12H11Cl2NO3. The van der Waals surface area contributed by atoms with Crippen LogP contribution in [0, 0.1) is 0 Å². The molecule has 0 heterocycles. The van der Waals surface area contributed by atoms with Gasteiger partial charge in [0.05, 0.1) is 0 Å². The quantitative estimate of drug-likeness (QED) is 0.837. The summed E-state index contributed by atoms with van der Waals surface area (Å²) in [6, 6.07) is 4.93. The molecule has 1 aromatic carbocycles. The van der Waals surface area contributed by atoms with E-state index < -0.39 is 11.9 Å². The first-order chi connectivity index (χ1) is 8.40. The molecule has 0 saturated carbocycles. The fourth-order valence-corrected chi connectivity index (χ4v) is 1.63. The Kier molecular flexibility index (Phi) is 5.19. The average molecular weight is 288 g/mol. The number of benzene rings is 1. The molecule has 0 aromatic heterocycles. The van der Waals surface area contributed by atoms with E-state index in [1.54, 1.807) is 18.2 Å². The molecular weight excluding hydrogens is 277 g/mol. The summed E-state index contributed by atoms with van der Waals surface area (Å²) in [5.41, 5.74) is 0.672. The predicted molar refractivity (Wildman–Crippen MR) is 69.7 cm³/mol. The molecule has 0 aliphatic carbocycles. The Morgan fingerprint density at radius 2 is 2.06 bits per heavy atom. The van der Waals surface area contributed by atoms with Crippen molar-refractivity contribution in [2.45, 2.75) is 13.5 Å². The van der Waals surface area contributed by atoms with Crippen LogP contribution < -0.4 is 5.32 Å². The summed E-state index contributed by atoms with van der Waals surface area (Å²) < 4.78 is 0. The Balaban J connectivity index is 2.63. The largest absolute Gasteiger partial charge is 0.478 e. The summed E-state index contributed by atoms with van der Waals surface area (Å²) in [5, 5.41) is 12.1. The standard InChI is InChI=1S/C12H11Cl2NO3/c1-7(12(17)18)4-11(16)15-6-8-2-3-9(13)5-10(8)14/h2-5H,6H2,1H3,(H,15,16)(H,17,18)/b7-4-. The Morgan fingerprint density at radius 3 is 2.61 bits per heavy atom. The zero-order valence-electron chi connectivity index (χ0n) is 9.54. The first kappa shape index (κ1) is 14.5. The average Bonchev–Trinajstić information content (AvgIpc) is 2.27. The number of halogens is 2. The summed E-state index contributed by atoms with van der Waals surface area (Å²) in [5.74, 6) is -1.62. The van der Waals surface area contributed by atoms with E-state index in [2.05, 4.69) is 5.32 Å².